The third kappa shape index (κ3) is 3.95. The Morgan fingerprint density at radius 1 is 1.12 bits per heavy atom. The van der Waals surface area contributed by atoms with Crippen molar-refractivity contribution >= 4 is 17.2 Å². The lowest BCUT2D eigenvalue weighted by molar-refractivity contribution is 0.0733. The second kappa shape index (κ2) is 7.49. The maximum atomic E-state index is 13.0. The van der Waals surface area contributed by atoms with Crippen molar-refractivity contribution in [2.24, 2.45) is 0 Å². The highest BCUT2D eigenvalue weighted by atomic mass is 32.1. The number of carbonyl (C=O) groups excluding carboxylic acids is 1. The summed E-state index contributed by atoms with van der Waals surface area (Å²) in [6, 6.07) is 13.8. The predicted molar refractivity (Wildman–Crippen MR) is 97.4 cm³/mol. The van der Waals surface area contributed by atoms with Crippen molar-refractivity contribution in [3.8, 4) is 0 Å². The number of hydrogen-bond donors (Lipinski definition) is 0. The van der Waals surface area contributed by atoms with E-state index >= 15 is 0 Å². The summed E-state index contributed by atoms with van der Waals surface area (Å²) in [6.45, 7) is 5.26. The molecule has 0 aliphatic carbocycles. The Bertz CT molecular complexity index is 791. The number of benzene rings is 1. The van der Waals surface area contributed by atoms with E-state index in [4.69, 9.17) is 4.42 Å². The molecule has 2 heterocycles. The molecule has 24 heavy (non-hydrogen) atoms. The number of furan rings is 1. The van der Waals surface area contributed by atoms with E-state index < -0.39 is 0 Å². The van der Waals surface area contributed by atoms with E-state index in [2.05, 4.69) is 18.4 Å². The maximum absolute atomic E-state index is 13.0. The number of amides is 1. The molecule has 0 unspecified atom stereocenters. The van der Waals surface area contributed by atoms with Crippen molar-refractivity contribution in [3.63, 3.8) is 0 Å². The first-order chi connectivity index (χ1) is 11.6. The third-order valence-electron chi connectivity index (χ3n) is 4.18. The first-order valence-electron chi connectivity index (χ1n) is 8.05. The molecule has 0 aliphatic rings. The minimum Gasteiger partial charge on any atom is -0.467 e. The molecule has 3 nitrogen and oxygen atoms in total. The number of hydrogen-bond acceptors (Lipinski definition) is 3. The van der Waals surface area contributed by atoms with Crippen LogP contribution in [0.25, 0.3) is 0 Å². The van der Waals surface area contributed by atoms with Gasteiger partial charge in [0.1, 0.15) is 5.76 Å². The van der Waals surface area contributed by atoms with Gasteiger partial charge in [-0.3, -0.25) is 4.79 Å². The molecule has 0 spiro atoms. The molecule has 0 aliphatic heterocycles. The minimum absolute atomic E-state index is 0.0473. The fourth-order valence-corrected chi connectivity index (χ4v) is 3.30. The van der Waals surface area contributed by atoms with Crippen LogP contribution in [0.15, 0.2) is 58.5 Å². The van der Waals surface area contributed by atoms with Crippen LogP contribution in [0.4, 0.5) is 0 Å². The van der Waals surface area contributed by atoms with Gasteiger partial charge >= 0.3 is 0 Å². The van der Waals surface area contributed by atoms with Gasteiger partial charge in [0.05, 0.1) is 12.8 Å². The zero-order valence-corrected chi connectivity index (χ0v) is 14.8. The first kappa shape index (κ1) is 16.5. The fourth-order valence-electron chi connectivity index (χ4n) is 2.60. The summed E-state index contributed by atoms with van der Waals surface area (Å²) in [7, 11) is 0. The molecule has 0 saturated heterocycles. The SMILES string of the molecule is Cc1ccc(C(=O)N(CCc2cccs2)Cc2ccco2)cc1C. The molecule has 4 heteroatoms. The normalized spacial score (nSPS) is 10.8. The lowest BCUT2D eigenvalue weighted by atomic mass is 10.1. The number of aryl methyl sites for hydroxylation is 2. The van der Waals surface area contributed by atoms with Crippen molar-refractivity contribution in [2.45, 2.75) is 26.8 Å². The van der Waals surface area contributed by atoms with Crippen LogP contribution in [0.5, 0.6) is 0 Å². The topological polar surface area (TPSA) is 33.5 Å². The van der Waals surface area contributed by atoms with Gasteiger partial charge in [-0.2, -0.15) is 0 Å². The van der Waals surface area contributed by atoms with Gasteiger partial charge in [0.2, 0.25) is 0 Å². The second-order valence-corrected chi connectivity index (χ2v) is 6.97. The quantitative estimate of drug-likeness (QED) is 0.643. The predicted octanol–water partition coefficient (Wildman–Crippen LogP) is 4.84. The lowest BCUT2D eigenvalue weighted by Crippen LogP contribution is -2.32. The van der Waals surface area contributed by atoms with Crippen LogP contribution in [0.3, 0.4) is 0 Å². The van der Waals surface area contributed by atoms with Gasteiger partial charge in [0.25, 0.3) is 5.91 Å². The minimum atomic E-state index is 0.0473. The van der Waals surface area contributed by atoms with Crippen molar-refractivity contribution in [1.29, 1.82) is 0 Å². The Labute approximate surface area is 146 Å². The van der Waals surface area contributed by atoms with Gasteiger partial charge in [-0.1, -0.05) is 12.1 Å². The van der Waals surface area contributed by atoms with Crippen LogP contribution >= 0.6 is 11.3 Å². The number of carbonyl (C=O) groups is 1. The lowest BCUT2D eigenvalue weighted by Gasteiger charge is -2.22. The summed E-state index contributed by atoms with van der Waals surface area (Å²) in [5.41, 5.74) is 3.07. The third-order valence-corrected chi connectivity index (χ3v) is 5.11. The molecule has 0 radical (unpaired) electrons. The second-order valence-electron chi connectivity index (χ2n) is 5.93. The summed E-state index contributed by atoms with van der Waals surface area (Å²) in [5, 5.41) is 2.07. The van der Waals surface area contributed by atoms with Crippen LogP contribution in [-0.2, 0) is 13.0 Å². The average molecular weight is 339 g/mol. The Hall–Kier alpha value is -2.33. The van der Waals surface area contributed by atoms with Crippen LogP contribution in [0.2, 0.25) is 0 Å². The van der Waals surface area contributed by atoms with E-state index in [1.165, 1.54) is 10.4 Å². The molecular formula is C20H21NO2S. The molecule has 3 rings (SSSR count). The van der Waals surface area contributed by atoms with Crippen LogP contribution < -0.4 is 0 Å². The van der Waals surface area contributed by atoms with E-state index in [0.717, 1.165) is 23.3 Å². The zero-order valence-electron chi connectivity index (χ0n) is 14.0. The van der Waals surface area contributed by atoms with Gasteiger partial charge in [0.15, 0.2) is 0 Å². The van der Waals surface area contributed by atoms with Crippen molar-refractivity contribution in [3.05, 3.63) is 81.4 Å². The maximum Gasteiger partial charge on any atom is 0.254 e. The van der Waals surface area contributed by atoms with Gasteiger partial charge in [-0.05, 0) is 67.1 Å². The molecule has 124 valence electrons. The molecule has 3 aromatic rings. The fraction of sp³-hybridized carbons (Fsp3) is 0.250. The number of nitrogens with zero attached hydrogens (tertiary/aromatic N) is 1. The highest BCUT2D eigenvalue weighted by Gasteiger charge is 2.18. The molecule has 1 aromatic carbocycles. The standard InChI is InChI=1S/C20H21NO2S/c1-15-7-8-17(13-16(15)2)20(22)21(14-18-5-3-11-23-18)10-9-19-6-4-12-24-19/h3-8,11-13H,9-10,14H2,1-2H3. The molecule has 0 N–H and O–H groups in total. The largest absolute Gasteiger partial charge is 0.467 e. The van der Waals surface area contributed by atoms with Gasteiger partial charge in [0, 0.05) is 17.0 Å². The summed E-state index contributed by atoms with van der Waals surface area (Å²) >= 11 is 1.72. The van der Waals surface area contributed by atoms with Crippen molar-refractivity contribution in [2.75, 3.05) is 6.54 Å². The van der Waals surface area contributed by atoms with Crippen LogP contribution in [0, 0.1) is 13.8 Å². The van der Waals surface area contributed by atoms with Crippen LogP contribution in [0.1, 0.15) is 32.1 Å². The molecular weight excluding hydrogens is 318 g/mol. The molecule has 0 saturated carbocycles. The highest BCUT2D eigenvalue weighted by molar-refractivity contribution is 7.09. The van der Waals surface area contributed by atoms with E-state index in [1.807, 2.05) is 48.2 Å². The molecule has 0 fully saturated rings. The van der Waals surface area contributed by atoms with Gasteiger partial charge < -0.3 is 9.32 Å². The number of rotatable bonds is 6. The smallest absolute Gasteiger partial charge is 0.254 e. The zero-order chi connectivity index (χ0) is 16.9. The van der Waals surface area contributed by atoms with E-state index in [1.54, 1.807) is 17.6 Å². The molecule has 0 bridgehead atoms. The van der Waals surface area contributed by atoms with E-state index in [9.17, 15) is 4.79 Å². The average Bonchev–Trinajstić information content (AvgIpc) is 3.26. The molecule has 1 amide bonds. The Morgan fingerprint density at radius 3 is 2.67 bits per heavy atom. The summed E-state index contributed by atoms with van der Waals surface area (Å²) in [5.74, 6) is 0.851. The first-order valence-corrected chi connectivity index (χ1v) is 8.93. The van der Waals surface area contributed by atoms with Gasteiger partial charge in [-0.25, -0.2) is 0 Å². The number of thiophene rings is 1. The Morgan fingerprint density at radius 2 is 2.00 bits per heavy atom. The Kier molecular flexibility index (Phi) is 5.16. The van der Waals surface area contributed by atoms with Crippen molar-refractivity contribution in [1.82, 2.24) is 4.90 Å². The highest BCUT2D eigenvalue weighted by Crippen LogP contribution is 2.16. The van der Waals surface area contributed by atoms with Crippen LogP contribution in [-0.4, -0.2) is 17.4 Å². The van der Waals surface area contributed by atoms with Gasteiger partial charge in [-0.15, -0.1) is 11.3 Å². The van der Waals surface area contributed by atoms with Crippen molar-refractivity contribution < 1.29 is 9.21 Å². The summed E-state index contributed by atoms with van der Waals surface area (Å²) in [6.07, 6.45) is 2.50. The van der Waals surface area contributed by atoms with E-state index in [0.29, 0.717) is 13.1 Å². The summed E-state index contributed by atoms with van der Waals surface area (Å²) < 4.78 is 5.44. The van der Waals surface area contributed by atoms with E-state index in [-0.39, 0.29) is 5.91 Å². The summed E-state index contributed by atoms with van der Waals surface area (Å²) in [4.78, 5) is 16.1. The monoisotopic (exact) mass is 339 g/mol. The Balaban J connectivity index is 1.79. The molecule has 0 atom stereocenters. The molecule has 2 aromatic heterocycles.